The van der Waals surface area contributed by atoms with E-state index in [1.54, 1.807) is 0 Å². The zero-order valence-corrected chi connectivity index (χ0v) is 34.3. The molecule has 0 spiro atoms. The van der Waals surface area contributed by atoms with Crippen LogP contribution in [0.25, 0.3) is 0 Å². The number of unbranched alkanes of at least 4 members (excludes halogenated alkanes) is 15. The Bertz CT molecular complexity index is 1050. The number of aliphatic hydroxyl groups is 1. The normalized spacial score (nSPS) is 14.0. The first-order valence-electron chi connectivity index (χ1n) is 20.8. The lowest BCUT2D eigenvalue weighted by atomic mass is 10.1. The number of esters is 1. The maximum atomic E-state index is 12.1. The van der Waals surface area contributed by atoms with Crippen molar-refractivity contribution in [2.75, 3.05) is 26.4 Å². The van der Waals surface area contributed by atoms with Crippen molar-refractivity contribution < 1.29 is 37.9 Å². The number of amides is 1. The lowest BCUT2D eigenvalue weighted by molar-refractivity contribution is -0.147. The summed E-state index contributed by atoms with van der Waals surface area (Å²) in [5.74, 6) is -0.549. The number of nitrogens with one attached hydrogen (secondary N) is 1. The smallest absolute Gasteiger partial charge is 0.463 e. The number of rotatable bonds is 38. The minimum atomic E-state index is -4.42. The first-order valence-corrected chi connectivity index (χ1v) is 22.3. The number of aliphatic hydroxyl groups excluding tert-OH is 1. The first kappa shape index (κ1) is 50.7. The minimum Gasteiger partial charge on any atom is -0.463 e. The van der Waals surface area contributed by atoms with E-state index < -0.39 is 26.5 Å². The van der Waals surface area contributed by atoms with E-state index in [2.05, 4.69) is 79.9 Å². The number of carbonyl (C=O) groups is 2. The SMILES string of the molecule is CCCC/C=C\CCCCCCCC(=O)OCC(O)COP(=O)(O)OCCNC(=O)CCCCCCC/C=C\C/C=C\C/C=C\C/C=C\CCCCC. The summed E-state index contributed by atoms with van der Waals surface area (Å²) in [5, 5.41) is 12.6. The van der Waals surface area contributed by atoms with Crippen molar-refractivity contribution in [1.82, 2.24) is 5.32 Å². The molecule has 2 unspecified atom stereocenters. The fourth-order valence-electron chi connectivity index (χ4n) is 5.23. The summed E-state index contributed by atoms with van der Waals surface area (Å²) in [7, 11) is -4.42. The van der Waals surface area contributed by atoms with Gasteiger partial charge < -0.3 is 20.1 Å². The Labute approximate surface area is 323 Å². The van der Waals surface area contributed by atoms with E-state index in [9.17, 15) is 24.2 Å². The van der Waals surface area contributed by atoms with Crippen LogP contribution < -0.4 is 5.32 Å². The molecule has 10 heteroatoms. The molecule has 0 aromatic carbocycles. The lowest BCUT2D eigenvalue weighted by Gasteiger charge is -2.15. The quantitative estimate of drug-likeness (QED) is 0.0245. The average molecular weight is 766 g/mol. The number of phosphoric ester groups is 1. The van der Waals surface area contributed by atoms with Crippen LogP contribution in [0.2, 0.25) is 0 Å². The molecule has 306 valence electrons. The molecule has 0 aliphatic carbocycles. The maximum absolute atomic E-state index is 12.1. The van der Waals surface area contributed by atoms with Gasteiger partial charge in [0.05, 0.1) is 13.2 Å². The summed E-state index contributed by atoms with van der Waals surface area (Å²) in [5.41, 5.74) is 0. The highest BCUT2D eigenvalue weighted by molar-refractivity contribution is 7.47. The van der Waals surface area contributed by atoms with Gasteiger partial charge in [0.15, 0.2) is 0 Å². The molecule has 0 heterocycles. The molecular weight excluding hydrogens is 689 g/mol. The molecule has 2 atom stereocenters. The number of allylic oxidation sites excluding steroid dienone is 10. The van der Waals surface area contributed by atoms with Gasteiger partial charge in [-0.1, -0.05) is 139 Å². The van der Waals surface area contributed by atoms with Crippen LogP contribution in [0.5, 0.6) is 0 Å². The molecule has 0 radical (unpaired) electrons. The van der Waals surface area contributed by atoms with Gasteiger partial charge in [0.1, 0.15) is 12.7 Å². The number of phosphoric acid groups is 1. The van der Waals surface area contributed by atoms with Crippen LogP contribution in [0.3, 0.4) is 0 Å². The van der Waals surface area contributed by atoms with E-state index in [0.717, 1.165) is 103 Å². The first-order chi connectivity index (χ1) is 25.8. The summed E-state index contributed by atoms with van der Waals surface area (Å²) in [6, 6.07) is 0. The van der Waals surface area contributed by atoms with Crippen molar-refractivity contribution in [1.29, 1.82) is 0 Å². The van der Waals surface area contributed by atoms with Crippen molar-refractivity contribution in [3.8, 4) is 0 Å². The van der Waals surface area contributed by atoms with Crippen molar-refractivity contribution >= 4 is 19.7 Å². The summed E-state index contributed by atoms with van der Waals surface area (Å²) in [6.45, 7) is 3.43. The molecule has 0 rings (SSSR count). The van der Waals surface area contributed by atoms with Crippen LogP contribution in [-0.2, 0) is 27.9 Å². The van der Waals surface area contributed by atoms with Crippen molar-refractivity contribution in [2.24, 2.45) is 0 Å². The third-order valence-electron chi connectivity index (χ3n) is 8.42. The van der Waals surface area contributed by atoms with Crippen molar-refractivity contribution in [2.45, 2.75) is 174 Å². The highest BCUT2D eigenvalue weighted by Gasteiger charge is 2.23. The van der Waals surface area contributed by atoms with Gasteiger partial charge in [-0.05, 0) is 77.0 Å². The van der Waals surface area contributed by atoms with Gasteiger partial charge in [-0.25, -0.2) is 4.57 Å². The third-order valence-corrected chi connectivity index (χ3v) is 9.40. The maximum Gasteiger partial charge on any atom is 0.472 e. The number of hydrogen-bond donors (Lipinski definition) is 3. The Morgan fingerprint density at radius 3 is 1.60 bits per heavy atom. The summed E-state index contributed by atoms with van der Waals surface area (Å²) in [6.07, 6.45) is 45.8. The predicted octanol–water partition coefficient (Wildman–Crippen LogP) is 11.3. The van der Waals surface area contributed by atoms with Crippen LogP contribution in [-0.4, -0.2) is 54.3 Å². The molecular formula is C43H76NO8P. The second-order valence-electron chi connectivity index (χ2n) is 13.6. The van der Waals surface area contributed by atoms with E-state index in [4.69, 9.17) is 13.8 Å². The highest BCUT2D eigenvalue weighted by atomic mass is 31.2. The molecule has 0 fully saturated rings. The fourth-order valence-corrected chi connectivity index (χ4v) is 5.98. The molecule has 0 aliphatic heterocycles. The van der Waals surface area contributed by atoms with Gasteiger partial charge in [0, 0.05) is 19.4 Å². The fraction of sp³-hybridized carbons (Fsp3) is 0.721. The van der Waals surface area contributed by atoms with Crippen molar-refractivity contribution in [3.63, 3.8) is 0 Å². The van der Waals surface area contributed by atoms with Gasteiger partial charge in [-0.15, -0.1) is 0 Å². The topological polar surface area (TPSA) is 131 Å². The molecule has 0 aromatic rings. The Hall–Kier alpha value is -2.29. The summed E-state index contributed by atoms with van der Waals surface area (Å²) in [4.78, 5) is 33.8. The van der Waals surface area contributed by atoms with Crippen LogP contribution in [0.15, 0.2) is 60.8 Å². The van der Waals surface area contributed by atoms with E-state index >= 15 is 0 Å². The Balaban J connectivity index is 3.66. The third kappa shape index (κ3) is 40.7. The second-order valence-corrected chi connectivity index (χ2v) is 15.1. The van der Waals surface area contributed by atoms with E-state index in [1.807, 2.05) is 0 Å². The zero-order chi connectivity index (χ0) is 38.9. The molecule has 0 saturated carbocycles. The predicted molar refractivity (Wildman–Crippen MR) is 220 cm³/mol. The molecule has 0 aromatic heterocycles. The average Bonchev–Trinajstić information content (AvgIpc) is 3.14. The van der Waals surface area contributed by atoms with Crippen LogP contribution in [0, 0.1) is 0 Å². The summed E-state index contributed by atoms with van der Waals surface area (Å²) < 4.78 is 26.8. The number of carbonyl (C=O) groups excluding carboxylic acids is 2. The Morgan fingerprint density at radius 2 is 1.04 bits per heavy atom. The largest absolute Gasteiger partial charge is 0.472 e. The van der Waals surface area contributed by atoms with Crippen LogP contribution >= 0.6 is 7.82 Å². The molecule has 53 heavy (non-hydrogen) atoms. The molecule has 9 nitrogen and oxygen atoms in total. The Kier molecular flexibility index (Phi) is 37.7. The molecule has 1 amide bonds. The second kappa shape index (κ2) is 39.4. The number of ether oxygens (including phenoxy) is 1. The molecule has 0 saturated heterocycles. The standard InChI is InChI=1S/C43H76NO8P/c1-3-5-7-9-11-13-15-16-17-18-19-20-21-22-23-24-26-27-29-31-33-35-42(46)44-37-38-51-53(48,49)52-40-41(45)39-50-43(47)36-34-32-30-28-25-14-12-10-8-6-4-2/h10-13,16-17,19-20,22-23,41,45H,3-9,14-15,18,21,24-40H2,1-2H3,(H,44,46)(H,48,49)/b12-10-,13-11-,17-16-,20-19-,23-22-. The van der Waals surface area contributed by atoms with Gasteiger partial charge in [0.25, 0.3) is 0 Å². The minimum absolute atomic E-state index is 0.0675. The van der Waals surface area contributed by atoms with Gasteiger partial charge in [-0.2, -0.15) is 0 Å². The van der Waals surface area contributed by atoms with Crippen molar-refractivity contribution in [3.05, 3.63) is 60.8 Å². The number of hydrogen-bond acceptors (Lipinski definition) is 7. The van der Waals surface area contributed by atoms with Crippen LogP contribution in [0.1, 0.15) is 168 Å². The van der Waals surface area contributed by atoms with Crippen LogP contribution in [0.4, 0.5) is 0 Å². The summed E-state index contributed by atoms with van der Waals surface area (Å²) >= 11 is 0. The molecule has 0 bridgehead atoms. The molecule has 0 aliphatic rings. The molecule has 3 N–H and O–H groups in total. The van der Waals surface area contributed by atoms with E-state index in [-0.39, 0.29) is 32.1 Å². The van der Waals surface area contributed by atoms with Gasteiger partial charge in [-0.3, -0.25) is 18.6 Å². The van der Waals surface area contributed by atoms with Gasteiger partial charge >= 0.3 is 13.8 Å². The van der Waals surface area contributed by atoms with E-state index in [1.165, 1.54) is 38.5 Å². The Morgan fingerprint density at radius 1 is 0.585 bits per heavy atom. The lowest BCUT2D eigenvalue weighted by Crippen LogP contribution is -2.27. The van der Waals surface area contributed by atoms with E-state index in [0.29, 0.717) is 6.42 Å². The highest BCUT2D eigenvalue weighted by Crippen LogP contribution is 2.42. The van der Waals surface area contributed by atoms with Gasteiger partial charge in [0.2, 0.25) is 5.91 Å². The zero-order valence-electron chi connectivity index (χ0n) is 33.4. The monoisotopic (exact) mass is 766 g/mol.